The standard InChI is InChI=1S/C25H3O10P/c26-4-36(33-6-3-1-2-5-7(6)18(5)27)34-24-14-12(21(14)30)8-10(19(8)28)16(24)23(32)17-11-9(20(11)29)13-15(22(13)31)25(17)35-36/h1-3H. The lowest BCUT2D eigenvalue weighted by Gasteiger charge is -2.26. The van der Waals surface area contributed by atoms with Crippen molar-refractivity contribution in [3.8, 4) is 17.2 Å². The minimum atomic E-state index is -4.39. The Morgan fingerprint density at radius 1 is 0.611 bits per heavy atom. The van der Waals surface area contributed by atoms with E-state index in [-0.39, 0.29) is 82.3 Å². The van der Waals surface area contributed by atoms with Gasteiger partial charge in [0.25, 0.3) is 0 Å². The predicted octanol–water partition coefficient (Wildman–Crippen LogP) is 1.54. The first-order chi connectivity index (χ1) is 17.3. The average Bonchev–Trinajstić information content (AvgIpc) is 3.70. The highest BCUT2D eigenvalue weighted by Gasteiger charge is 2.48. The summed E-state index contributed by atoms with van der Waals surface area (Å²) < 4.78 is 17.6. The molecule has 0 amide bonds. The number of carbonyl (C=O) groups excluding carboxylic acids is 2. The Balaban J connectivity index is 1.41. The van der Waals surface area contributed by atoms with Gasteiger partial charge >= 0.3 is 7.57 Å². The minimum Gasteiger partial charge on any atom is -0.407 e. The molecule has 0 aromatic heterocycles. The Morgan fingerprint density at radius 2 is 1.11 bits per heavy atom. The van der Waals surface area contributed by atoms with Crippen LogP contribution < -0.4 is 40.7 Å². The molecule has 10 nitrogen and oxygen atoms in total. The van der Waals surface area contributed by atoms with Gasteiger partial charge in [0.2, 0.25) is 11.4 Å². The monoisotopic (exact) mass is 494 g/mol. The largest absolute Gasteiger partial charge is 0.506 e. The lowest BCUT2D eigenvalue weighted by molar-refractivity contribution is 0.103. The molecule has 9 rings (SSSR count). The highest BCUT2D eigenvalue weighted by molar-refractivity contribution is 7.61. The Kier molecular flexibility index (Phi) is 2.58. The van der Waals surface area contributed by atoms with E-state index in [0.717, 1.165) is 0 Å². The third kappa shape index (κ3) is 1.79. The van der Waals surface area contributed by atoms with Crippen molar-refractivity contribution in [2.75, 3.05) is 0 Å². The first kappa shape index (κ1) is 18.4. The van der Waals surface area contributed by atoms with E-state index in [1.807, 2.05) is 0 Å². The molecule has 0 unspecified atom stereocenters. The fraction of sp³-hybridized carbons (Fsp3) is 0. The van der Waals surface area contributed by atoms with Crippen LogP contribution in [0, 0.1) is 0 Å². The summed E-state index contributed by atoms with van der Waals surface area (Å²) in [7, 11) is -4.39. The van der Waals surface area contributed by atoms with Crippen molar-refractivity contribution in [2.45, 2.75) is 0 Å². The van der Waals surface area contributed by atoms with Crippen LogP contribution in [0.3, 0.4) is 0 Å². The molecular weight excluding hydrogens is 491 g/mol. The zero-order valence-corrected chi connectivity index (χ0v) is 18.2. The van der Waals surface area contributed by atoms with E-state index in [0.29, 0.717) is 5.39 Å². The Morgan fingerprint density at radius 3 is 1.64 bits per heavy atom. The summed E-state index contributed by atoms with van der Waals surface area (Å²) in [6.07, 6.45) is 0. The van der Waals surface area contributed by atoms with Crippen molar-refractivity contribution in [1.82, 2.24) is 0 Å². The lowest BCUT2D eigenvalue weighted by atomic mass is 10.0. The fourth-order valence-electron chi connectivity index (χ4n) is 5.22. The van der Waals surface area contributed by atoms with Gasteiger partial charge in [0, 0.05) is 37.7 Å². The number of rotatable bonds is 2. The molecule has 0 fully saturated rings. The topological polar surface area (TPSA) is 147 Å². The van der Waals surface area contributed by atoms with E-state index in [2.05, 4.69) is 0 Å². The van der Waals surface area contributed by atoms with Crippen LogP contribution in [0.5, 0.6) is 17.2 Å². The highest BCUT2D eigenvalue weighted by Crippen LogP contribution is 2.59. The van der Waals surface area contributed by atoms with E-state index >= 15 is 0 Å². The minimum absolute atomic E-state index is 0.0447. The van der Waals surface area contributed by atoms with Crippen LogP contribution in [0.25, 0.3) is 53.9 Å². The van der Waals surface area contributed by atoms with Crippen molar-refractivity contribution in [2.24, 2.45) is 0 Å². The molecule has 0 atom stereocenters. The number of benzene rings is 3. The zero-order valence-electron chi connectivity index (χ0n) is 17.3. The second-order valence-electron chi connectivity index (χ2n) is 8.92. The number of hydrogen-bond donors (Lipinski definition) is 0. The second kappa shape index (κ2) is 5.04. The third-order valence-corrected chi connectivity index (χ3v) is 8.62. The van der Waals surface area contributed by atoms with Crippen LogP contribution in [0.2, 0.25) is 0 Å². The van der Waals surface area contributed by atoms with Crippen molar-refractivity contribution >= 4 is 72.9 Å². The van der Waals surface area contributed by atoms with E-state index < -0.39 is 35.1 Å². The van der Waals surface area contributed by atoms with Crippen molar-refractivity contribution in [3.05, 3.63) is 80.4 Å². The molecule has 0 aliphatic carbocycles. The summed E-state index contributed by atoms with van der Waals surface area (Å²) in [6, 6.07) is 4.48. The van der Waals surface area contributed by atoms with Gasteiger partial charge in [-0.1, -0.05) is 12.1 Å². The molecule has 0 spiro atoms. The van der Waals surface area contributed by atoms with Crippen LogP contribution in [0.15, 0.2) is 42.2 Å². The van der Waals surface area contributed by atoms with E-state index in [1.54, 1.807) is 11.7 Å². The predicted molar refractivity (Wildman–Crippen MR) is 128 cm³/mol. The Bertz CT molecular complexity index is 2450. The van der Waals surface area contributed by atoms with Gasteiger partial charge in [0.15, 0.2) is 38.6 Å². The maximum Gasteiger partial charge on any atom is 0.506 e. The summed E-state index contributed by atoms with van der Waals surface area (Å²) in [5.74, 6) is -1.61. The second-order valence-corrected chi connectivity index (χ2v) is 10.6. The fourth-order valence-corrected chi connectivity index (χ4v) is 6.70. The normalized spacial score (nSPS) is 15.9. The smallest absolute Gasteiger partial charge is 0.407 e. The molecule has 1 aliphatic rings. The van der Waals surface area contributed by atoms with Gasteiger partial charge in [-0.2, -0.15) is 0 Å². The van der Waals surface area contributed by atoms with Gasteiger partial charge in [0.05, 0.1) is 27.3 Å². The van der Waals surface area contributed by atoms with E-state index in [9.17, 15) is 33.6 Å². The average molecular weight is 494 g/mol. The first-order valence-electron chi connectivity index (χ1n) is 10.6. The van der Waals surface area contributed by atoms with Crippen LogP contribution in [0.4, 0.5) is 0 Å². The maximum absolute atomic E-state index is 13.7. The maximum atomic E-state index is 13.7. The molecule has 1 aliphatic heterocycles. The summed E-state index contributed by atoms with van der Waals surface area (Å²) >= 11 is 0. The van der Waals surface area contributed by atoms with Crippen LogP contribution in [-0.2, 0) is 4.79 Å². The summed E-state index contributed by atoms with van der Waals surface area (Å²) in [6.45, 7) is 0. The van der Waals surface area contributed by atoms with E-state index in [1.165, 1.54) is 12.1 Å². The molecule has 8 aromatic rings. The molecule has 0 radical (unpaired) electrons. The summed E-state index contributed by atoms with van der Waals surface area (Å²) in [4.78, 5) is 88.4. The molecule has 168 valence electrons. The van der Waals surface area contributed by atoms with Crippen LogP contribution in [-0.4, -0.2) is 11.4 Å². The quantitative estimate of drug-likeness (QED) is 0.324. The Hall–Kier alpha value is -4.91. The molecule has 8 aromatic carbocycles. The molecule has 36 heavy (non-hydrogen) atoms. The first-order valence-corrected chi connectivity index (χ1v) is 12.1. The molecule has 0 saturated carbocycles. The molecule has 0 bridgehead atoms. The summed E-state index contributed by atoms with van der Waals surface area (Å²) in [5.41, 5.74) is -1.38. The van der Waals surface area contributed by atoms with Gasteiger partial charge in [-0.05, 0) is 6.07 Å². The van der Waals surface area contributed by atoms with Crippen molar-refractivity contribution in [1.29, 1.82) is 0 Å². The highest BCUT2D eigenvalue weighted by atomic mass is 31.2. The zero-order chi connectivity index (χ0) is 24.6. The van der Waals surface area contributed by atoms with Crippen LogP contribution in [0.1, 0.15) is 15.9 Å². The molecule has 0 saturated heterocycles. The van der Waals surface area contributed by atoms with Gasteiger partial charge in [-0.15, -0.1) is 0 Å². The van der Waals surface area contributed by atoms with Gasteiger partial charge in [-0.3, -0.25) is 28.8 Å². The van der Waals surface area contributed by atoms with E-state index in [4.69, 9.17) is 13.6 Å². The number of fused-ring (bicyclic) bond motifs is 13. The van der Waals surface area contributed by atoms with Gasteiger partial charge in [0.1, 0.15) is 5.75 Å². The van der Waals surface area contributed by atoms with Gasteiger partial charge < -0.3 is 13.6 Å². The van der Waals surface area contributed by atoms with Crippen LogP contribution >= 0.6 is 7.57 Å². The summed E-state index contributed by atoms with van der Waals surface area (Å²) in [5, 5.41) is 0.740. The molecule has 11 heteroatoms. The SMILES string of the molecule is O=C=P1(Oc2cccc3c(=O)c23)Oc2c(c3c(=O)c3c3c(=O)c23)C(=O)c2c(c3c(=O)c3c3c(=O)c23)O1. The third-order valence-electron chi connectivity index (χ3n) is 7.12. The number of hydrogen-bond acceptors (Lipinski definition) is 10. The Labute approximate surface area is 194 Å². The number of carbonyl (C=O) groups is 1. The van der Waals surface area contributed by atoms with Gasteiger partial charge in [-0.25, -0.2) is 4.79 Å². The van der Waals surface area contributed by atoms with Crippen molar-refractivity contribution < 1.29 is 23.2 Å². The molecule has 0 N–H and O–H groups in total. The number of ketones is 1. The molecule has 1 heterocycles. The van der Waals surface area contributed by atoms with Crippen molar-refractivity contribution in [3.63, 3.8) is 0 Å². The lowest BCUT2D eigenvalue weighted by Crippen LogP contribution is -2.16. The molecular formula is C25H3O10P.